The van der Waals surface area contributed by atoms with Gasteiger partial charge in [0, 0.05) is 18.6 Å². The second kappa shape index (κ2) is 7.64. The molecule has 1 fully saturated rings. The highest BCUT2D eigenvalue weighted by Gasteiger charge is 2.28. The van der Waals surface area contributed by atoms with Crippen molar-refractivity contribution < 1.29 is 4.79 Å². The van der Waals surface area contributed by atoms with Crippen LogP contribution in [-0.2, 0) is 11.3 Å². The van der Waals surface area contributed by atoms with E-state index in [1.807, 2.05) is 25.5 Å². The predicted octanol–water partition coefficient (Wildman–Crippen LogP) is 2.16. The van der Waals surface area contributed by atoms with Crippen LogP contribution < -0.4 is 5.32 Å². The average molecular weight is 335 g/mol. The van der Waals surface area contributed by atoms with Crippen molar-refractivity contribution in [2.45, 2.75) is 66.5 Å². The van der Waals surface area contributed by atoms with E-state index in [0.717, 1.165) is 37.2 Å². The molecule has 0 unspecified atom stereocenters. The number of hydrogen-bond acceptors (Lipinski definition) is 4. The molecule has 6 heteroatoms. The summed E-state index contributed by atoms with van der Waals surface area (Å²) in [5.41, 5.74) is -0.226. The van der Waals surface area contributed by atoms with Gasteiger partial charge in [-0.05, 0) is 53.0 Å². The van der Waals surface area contributed by atoms with Gasteiger partial charge in [-0.1, -0.05) is 13.8 Å². The molecule has 0 bridgehead atoms. The minimum atomic E-state index is -0.226. The number of amides is 1. The fourth-order valence-corrected chi connectivity index (χ4v) is 3.56. The summed E-state index contributed by atoms with van der Waals surface area (Å²) in [6.45, 7) is 16.0. The molecule has 1 aromatic heterocycles. The summed E-state index contributed by atoms with van der Waals surface area (Å²) in [5.74, 6) is 2.30. The number of piperidine rings is 1. The minimum absolute atomic E-state index is 0.0811. The maximum Gasteiger partial charge on any atom is 0.225 e. The summed E-state index contributed by atoms with van der Waals surface area (Å²) >= 11 is 0. The Balaban J connectivity index is 1.88. The lowest BCUT2D eigenvalue weighted by molar-refractivity contribution is -0.126. The third kappa shape index (κ3) is 5.30. The molecule has 24 heavy (non-hydrogen) atoms. The molecule has 0 saturated carbocycles. The maximum absolute atomic E-state index is 12.6. The molecule has 2 rings (SSSR count). The average Bonchev–Trinajstić information content (AvgIpc) is 2.75. The molecule has 0 spiro atoms. The van der Waals surface area contributed by atoms with Gasteiger partial charge in [0.25, 0.3) is 0 Å². The standard InChI is InChI=1S/C18H33N5O/c1-13-8-7-9-22(10-13)12-18(5,6)20-17(24)14(2)11-23-16(4)19-15(3)21-23/h13-14H,7-12H2,1-6H3,(H,20,24)/t13-,14+/m1/s1. The molecular formula is C18H33N5O. The van der Waals surface area contributed by atoms with Crippen LogP contribution in [0.25, 0.3) is 0 Å². The van der Waals surface area contributed by atoms with Gasteiger partial charge in [0.05, 0.1) is 12.5 Å². The van der Waals surface area contributed by atoms with Crippen LogP contribution in [0.2, 0.25) is 0 Å². The van der Waals surface area contributed by atoms with E-state index >= 15 is 0 Å². The summed E-state index contributed by atoms with van der Waals surface area (Å²) in [6.07, 6.45) is 2.57. The topological polar surface area (TPSA) is 63.1 Å². The first kappa shape index (κ1) is 18.9. The van der Waals surface area contributed by atoms with Gasteiger partial charge < -0.3 is 10.2 Å². The molecule has 2 atom stereocenters. The van der Waals surface area contributed by atoms with Gasteiger partial charge in [0.1, 0.15) is 11.6 Å². The number of carbonyl (C=O) groups is 1. The second-order valence-electron chi connectivity index (χ2n) is 8.15. The lowest BCUT2D eigenvalue weighted by atomic mass is 9.96. The molecule has 1 aromatic rings. The van der Waals surface area contributed by atoms with Gasteiger partial charge in [-0.15, -0.1) is 0 Å². The lowest BCUT2D eigenvalue weighted by Gasteiger charge is -2.38. The van der Waals surface area contributed by atoms with Crippen molar-refractivity contribution in [1.29, 1.82) is 0 Å². The zero-order valence-electron chi connectivity index (χ0n) is 16.1. The molecule has 6 nitrogen and oxygen atoms in total. The van der Waals surface area contributed by atoms with E-state index in [0.29, 0.717) is 6.54 Å². The number of nitrogens with one attached hydrogen (secondary N) is 1. The Hall–Kier alpha value is -1.43. The summed E-state index contributed by atoms with van der Waals surface area (Å²) in [7, 11) is 0. The van der Waals surface area contributed by atoms with Crippen molar-refractivity contribution in [2.75, 3.05) is 19.6 Å². The van der Waals surface area contributed by atoms with Crippen molar-refractivity contribution in [2.24, 2.45) is 11.8 Å². The number of nitrogens with zero attached hydrogens (tertiary/aromatic N) is 4. The molecule has 1 N–H and O–H groups in total. The Kier molecular flexibility index (Phi) is 6.01. The zero-order chi connectivity index (χ0) is 17.9. The van der Waals surface area contributed by atoms with Gasteiger partial charge in [-0.25, -0.2) is 9.67 Å². The fourth-order valence-electron chi connectivity index (χ4n) is 3.56. The largest absolute Gasteiger partial charge is 0.350 e. The highest BCUT2D eigenvalue weighted by atomic mass is 16.2. The zero-order valence-corrected chi connectivity index (χ0v) is 16.1. The van der Waals surface area contributed by atoms with Crippen molar-refractivity contribution >= 4 is 5.91 Å². The fraction of sp³-hybridized carbons (Fsp3) is 0.833. The van der Waals surface area contributed by atoms with Crippen LogP contribution in [0.3, 0.4) is 0 Å². The molecule has 1 aliphatic heterocycles. The molecule has 2 heterocycles. The third-order valence-corrected chi connectivity index (χ3v) is 4.68. The van der Waals surface area contributed by atoms with E-state index in [1.165, 1.54) is 12.8 Å². The first-order chi connectivity index (χ1) is 11.2. The highest BCUT2D eigenvalue weighted by molar-refractivity contribution is 5.78. The van der Waals surface area contributed by atoms with Gasteiger partial charge in [-0.3, -0.25) is 4.79 Å². The van der Waals surface area contributed by atoms with E-state index < -0.39 is 0 Å². The van der Waals surface area contributed by atoms with Crippen LogP contribution in [0, 0.1) is 25.7 Å². The third-order valence-electron chi connectivity index (χ3n) is 4.68. The molecular weight excluding hydrogens is 302 g/mol. The van der Waals surface area contributed by atoms with E-state index in [9.17, 15) is 4.79 Å². The van der Waals surface area contributed by atoms with E-state index in [2.05, 4.69) is 41.1 Å². The first-order valence-electron chi connectivity index (χ1n) is 9.09. The van der Waals surface area contributed by atoms with Crippen LogP contribution in [0.15, 0.2) is 0 Å². The van der Waals surface area contributed by atoms with Crippen LogP contribution in [-0.4, -0.2) is 50.7 Å². The summed E-state index contributed by atoms with van der Waals surface area (Å²) < 4.78 is 1.82. The number of aryl methyl sites for hydroxylation is 2. The molecule has 0 aromatic carbocycles. The quantitative estimate of drug-likeness (QED) is 0.865. The van der Waals surface area contributed by atoms with Crippen LogP contribution in [0.1, 0.15) is 52.2 Å². The summed E-state index contributed by atoms with van der Waals surface area (Å²) in [5, 5.41) is 7.57. The Morgan fingerprint density at radius 2 is 2.12 bits per heavy atom. The van der Waals surface area contributed by atoms with Gasteiger partial charge >= 0.3 is 0 Å². The first-order valence-corrected chi connectivity index (χ1v) is 9.09. The van der Waals surface area contributed by atoms with Crippen molar-refractivity contribution in [3.05, 3.63) is 11.6 Å². The number of carbonyl (C=O) groups excluding carboxylic acids is 1. The Labute approximate surface area is 146 Å². The Morgan fingerprint density at radius 3 is 2.71 bits per heavy atom. The SMILES string of the molecule is Cc1nc(C)n(C[C@H](C)C(=O)NC(C)(C)CN2CCC[C@@H](C)C2)n1. The van der Waals surface area contributed by atoms with Crippen molar-refractivity contribution in [3.63, 3.8) is 0 Å². The van der Waals surface area contributed by atoms with Crippen molar-refractivity contribution in [3.8, 4) is 0 Å². The highest BCUT2D eigenvalue weighted by Crippen LogP contribution is 2.18. The summed E-state index contributed by atoms with van der Waals surface area (Å²) in [4.78, 5) is 19.4. The number of aromatic nitrogens is 3. The normalized spacial score (nSPS) is 20.8. The number of rotatable bonds is 6. The minimum Gasteiger partial charge on any atom is -0.350 e. The van der Waals surface area contributed by atoms with E-state index in [1.54, 1.807) is 0 Å². The molecule has 136 valence electrons. The molecule has 1 saturated heterocycles. The second-order valence-corrected chi connectivity index (χ2v) is 8.15. The smallest absolute Gasteiger partial charge is 0.225 e. The van der Waals surface area contributed by atoms with E-state index in [-0.39, 0.29) is 17.4 Å². The number of hydrogen-bond donors (Lipinski definition) is 1. The van der Waals surface area contributed by atoms with Gasteiger partial charge in [-0.2, -0.15) is 5.10 Å². The summed E-state index contributed by atoms with van der Waals surface area (Å²) in [6, 6.07) is 0. The molecule has 1 amide bonds. The number of likely N-dealkylation sites (tertiary alicyclic amines) is 1. The lowest BCUT2D eigenvalue weighted by Crippen LogP contribution is -2.54. The van der Waals surface area contributed by atoms with Crippen LogP contribution in [0.5, 0.6) is 0 Å². The van der Waals surface area contributed by atoms with E-state index in [4.69, 9.17) is 0 Å². The Morgan fingerprint density at radius 1 is 1.42 bits per heavy atom. The maximum atomic E-state index is 12.6. The molecule has 0 radical (unpaired) electrons. The molecule has 1 aliphatic rings. The van der Waals surface area contributed by atoms with Gasteiger partial charge in [0.2, 0.25) is 5.91 Å². The van der Waals surface area contributed by atoms with Gasteiger partial charge in [0.15, 0.2) is 0 Å². The van der Waals surface area contributed by atoms with Crippen LogP contribution in [0.4, 0.5) is 0 Å². The monoisotopic (exact) mass is 335 g/mol. The predicted molar refractivity (Wildman–Crippen MR) is 95.7 cm³/mol. The van der Waals surface area contributed by atoms with Crippen LogP contribution >= 0.6 is 0 Å². The molecule has 0 aliphatic carbocycles. The Bertz CT molecular complexity index is 566. The van der Waals surface area contributed by atoms with Crippen molar-refractivity contribution in [1.82, 2.24) is 25.0 Å².